The molecule has 2 N–H and O–H groups in total. The van der Waals surface area contributed by atoms with Gasteiger partial charge in [0, 0.05) is 17.6 Å². The second-order valence-electron chi connectivity index (χ2n) is 4.36. The average Bonchev–Trinajstić information content (AvgIpc) is 2.88. The van der Waals surface area contributed by atoms with Crippen molar-refractivity contribution in [1.82, 2.24) is 5.32 Å². The molecule has 0 bridgehead atoms. The Balaban J connectivity index is 2.08. The van der Waals surface area contributed by atoms with Gasteiger partial charge in [0.1, 0.15) is 0 Å². The molecule has 1 aromatic rings. The van der Waals surface area contributed by atoms with Gasteiger partial charge in [-0.1, -0.05) is 11.6 Å². The lowest BCUT2D eigenvalue weighted by molar-refractivity contribution is 0.0602. The lowest BCUT2D eigenvalue weighted by atomic mass is 10.1. The first kappa shape index (κ1) is 13.2. The monoisotopic (exact) mass is 268 g/mol. The van der Waals surface area contributed by atoms with Gasteiger partial charge >= 0.3 is 5.97 Å². The van der Waals surface area contributed by atoms with Crippen molar-refractivity contribution >= 4 is 23.3 Å². The van der Waals surface area contributed by atoms with E-state index in [-0.39, 0.29) is 5.97 Å². The fourth-order valence-electron chi connectivity index (χ4n) is 2.11. The summed E-state index contributed by atoms with van der Waals surface area (Å²) in [6.45, 7) is 1.84. The van der Waals surface area contributed by atoms with Gasteiger partial charge in [-0.25, -0.2) is 4.79 Å². The van der Waals surface area contributed by atoms with Crippen LogP contribution in [0.1, 0.15) is 23.2 Å². The van der Waals surface area contributed by atoms with E-state index in [2.05, 4.69) is 10.6 Å². The minimum Gasteiger partial charge on any atom is -0.465 e. The first-order valence-corrected chi connectivity index (χ1v) is 6.43. The van der Waals surface area contributed by atoms with Gasteiger partial charge in [0.25, 0.3) is 0 Å². The van der Waals surface area contributed by atoms with Crippen molar-refractivity contribution in [3.63, 3.8) is 0 Å². The van der Waals surface area contributed by atoms with Crippen molar-refractivity contribution in [2.75, 3.05) is 25.5 Å². The maximum atomic E-state index is 11.6. The number of rotatable bonds is 4. The summed E-state index contributed by atoms with van der Waals surface area (Å²) < 4.78 is 4.75. The van der Waals surface area contributed by atoms with Crippen molar-refractivity contribution in [2.45, 2.75) is 18.9 Å². The number of hydrogen-bond acceptors (Lipinski definition) is 4. The molecule has 0 aromatic heterocycles. The van der Waals surface area contributed by atoms with E-state index >= 15 is 0 Å². The Kier molecular flexibility index (Phi) is 4.44. The molecule has 1 aliphatic rings. The Morgan fingerprint density at radius 2 is 2.44 bits per heavy atom. The number of halogens is 1. The highest BCUT2D eigenvalue weighted by atomic mass is 35.5. The van der Waals surface area contributed by atoms with Gasteiger partial charge in [0.15, 0.2) is 0 Å². The molecule has 2 rings (SSSR count). The topological polar surface area (TPSA) is 50.4 Å². The number of benzene rings is 1. The van der Waals surface area contributed by atoms with Gasteiger partial charge in [-0.05, 0) is 37.6 Å². The highest BCUT2D eigenvalue weighted by Gasteiger charge is 2.16. The molecular formula is C13H17ClN2O2. The van der Waals surface area contributed by atoms with Gasteiger partial charge in [0.2, 0.25) is 0 Å². The molecule has 1 fully saturated rings. The fraction of sp³-hybridized carbons (Fsp3) is 0.462. The van der Waals surface area contributed by atoms with Crippen LogP contribution in [0.15, 0.2) is 18.2 Å². The highest BCUT2D eigenvalue weighted by molar-refractivity contribution is 6.31. The molecule has 5 heteroatoms. The van der Waals surface area contributed by atoms with Crippen LogP contribution in [0.25, 0.3) is 0 Å². The molecule has 1 unspecified atom stereocenters. The second-order valence-corrected chi connectivity index (χ2v) is 4.79. The van der Waals surface area contributed by atoms with Crippen molar-refractivity contribution < 1.29 is 9.53 Å². The number of carbonyl (C=O) groups is 1. The normalized spacial score (nSPS) is 18.7. The number of ether oxygens (including phenoxy) is 1. The van der Waals surface area contributed by atoms with Gasteiger partial charge in [-0.15, -0.1) is 0 Å². The molecule has 1 aromatic carbocycles. The minimum absolute atomic E-state index is 0.353. The van der Waals surface area contributed by atoms with Crippen LogP contribution < -0.4 is 10.6 Å². The summed E-state index contributed by atoms with van der Waals surface area (Å²) in [5.41, 5.74) is 1.24. The Hall–Kier alpha value is -1.26. The lowest BCUT2D eigenvalue weighted by Gasteiger charge is -2.15. The number of nitrogens with one attached hydrogen (secondary N) is 2. The quantitative estimate of drug-likeness (QED) is 0.823. The first-order valence-electron chi connectivity index (χ1n) is 6.06. The molecule has 1 aliphatic heterocycles. The molecule has 0 spiro atoms. The Bertz CT molecular complexity index is 431. The Morgan fingerprint density at radius 1 is 1.61 bits per heavy atom. The van der Waals surface area contributed by atoms with Crippen molar-refractivity contribution in [3.05, 3.63) is 28.8 Å². The van der Waals surface area contributed by atoms with E-state index in [1.165, 1.54) is 13.5 Å². The maximum absolute atomic E-state index is 11.6. The molecule has 0 saturated carbocycles. The Morgan fingerprint density at radius 3 is 3.11 bits per heavy atom. The lowest BCUT2D eigenvalue weighted by Crippen LogP contribution is -2.29. The highest BCUT2D eigenvalue weighted by Crippen LogP contribution is 2.22. The molecule has 0 amide bonds. The summed E-state index contributed by atoms with van der Waals surface area (Å²) in [5, 5.41) is 7.26. The number of methoxy groups -OCH3 is 1. The van der Waals surface area contributed by atoms with E-state index < -0.39 is 0 Å². The zero-order valence-electron chi connectivity index (χ0n) is 10.3. The molecular weight excluding hydrogens is 252 g/mol. The molecule has 4 nitrogen and oxygen atoms in total. The van der Waals surface area contributed by atoms with E-state index in [0.29, 0.717) is 16.6 Å². The standard InChI is InChI=1S/C13H17ClN2O2/c1-18-13(17)11-5-4-9(14)7-12(11)16-8-10-3-2-6-15-10/h4-5,7,10,15-16H,2-3,6,8H2,1H3. The van der Waals surface area contributed by atoms with E-state index in [9.17, 15) is 4.79 Å². The van der Waals surface area contributed by atoms with Crippen LogP contribution in [0.4, 0.5) is 5.69 Å². The van der Waals surface area contributed by atoms with Crippen LogP contribution in [0.3, 0.4) is 0 Å². The molecule has 1 saturated heterocycles. The average molecular weight is 269 g/mol. The zero-order valence-corrected chi connectivity index (χ0v) is 11.1. The smallest absolute Gasteiger partial charge is 0.339 e. The van der Waals surface area contributed by atoms with Crippen LogP contribution in [-0.4, -0.2) is 32.2 Å². The first-order chi connectivity index (χ1) is 8.70. The summed E-state index contributed by atoms with van der Waals surface area (Å²) in [6.07, 6.45) is 2.35. The van der Waals surface area contributed by atoms with Gasteiger partial charge in [-0.3, -0.25) is 0 Å². The Labute approximate surface area is 112 Å². The summed E-state index contributed by atoms with van der Waals surface area (Å²) in [5.74, 6) is -0.353. The van der Waals surface area contributed by atoms with Gasteiger partial charge in [-0.2, -0.15) is 0 Å². The predicted molar refractivity (Wildman–Crippen MR) is 72.3 cm³/mol. The second kappa shape index (κ2) is 6.07. The van der Waals surface area contributed by atoms with Crippen LogP contribution in [0.5, 0.6) is 0 Å². The molecule has 18 heavy (non-hydrogen) atoms. The predicted octanol–water partition coefficient (Wildman–Crippen LogP) is 2.29. The molecule has 98 valence electrons. The van der Waals surface area contributed by atoms with Crippen LogP contribution in [0, 0.1) is 0 Å². The molecule has 0 aliphatic carbocycles. The number of esters is 1. The molecule has 1 heterocycles. The van der Waals surface area contributed by atoms with Crippen molar-refractivity contribution in [2.24, 2.45) is 0 Å². The third kappa shape index (κ3) is 3.15. The summed E-state index contributed by atoms with van der Waals surface area (Å²) in [6, 6.07) is 5.57. The van der Waals surface area contributed by atoms with E-state index in [0.717, 1.165) is 25.2 Å². The van der Waals surface area contributed by atoms with E-state index in [1.807, 2.05) is 0 Å². The number of anilines is 1. The number of carbonyl (C=O) groups excluding carboxylic acids is 1. The van der Waals surface area contributed by atoms with Crippen LogP contribution >= 0.6 is 11.6 Å². The third-order valence-electron chi connectivity index (χ3n) is 3.09. The van der Waals surface area contributed by atoms with Crippen molar-refractivity contribution in [1.29, 1.82) is 0 Å². The third-order valence-corrected chi connectivity index (χ3v) is 3.32. The summed E-state index contributed by atoms with van der Waals surface area (Å²) in [7, 11) is 1.37. The van der Waals surface area contributed by atoms with Crippen LogP contribution in [0.2, 0.25) is 5.02 Å². The SMILES string of the molecule is COC(=O)c1ccc(Cl)cc1NCC1CCCN1. The van der Waals surface area contributed by atoms with E-state index in [1.54, 1.807) is 18.2 Å². The summed E-state index contributed by atoms with van der Waals surface area (Å²) in [4.78, 5) is 11.6. The van der Waals surface area contributed by atoms with E-state index in [4.69, 9.17) is 16.3 Å². The molecule has 1 atom stereocenters. The zero-order chi connectivity index (χ0) is 13.0. The number of hydrogen-bond donors (Lipinski definition) is 2. The van der Waals surface area contributed by atoms with Gasteiger partial charge in [0.05, 0.1) is 18.4 Å². The molecule has 0 radical (unpaired) electrons. The maximum Gasteiger partial charge on any atom is 0.339 e. The van der Waals surface area contributed by atoms with Crippen molar-refractivity contribution in [3.8, 4) is 0 Å². The minimum atomic E-state index is -0.353. The summed E-state index contributed by atoms with van der Waals surface area (Å²) >= 11 is 5.95. The van der Waals surface area contributed by atoms with Gasteiger partial charge < -0.3 is 15.4 Å². The fourth-order valence-corrected chi connectivity index (χ4v) is 2.29. The largest absolute Gasteiger partial charge is 0.465 e. The van der Waals surface area contributed by atoms with Crippen LogP contribution in [-0.2, 0) is 4.74 Å².